The molecule has 0 unspecified atom stereocenters. The van der Waals surface area contributed by atoms with E-state index in [2.05, 4.69) is 15.3 Å². The topological polar surface area (TPSA) is 93.9 Å². The van der Waals surface area contributed by atoms with E-state index in [-0.39, 0.29) is 25.6 Å². The number of halogens is 2. The fourth-order valence-corrected chi connectivity index (χ4v) is 4.44. The van der Waals surface area contributed by atoms with E-state index in [1.807, 2.05) is 6.07 Å². The van der Waals surface area contributed by atoms with Gasteiger partial charge >= 0.3 is 0 Å². The van der Waals surface area contributed by atoms with E-state index < -0.39 is 17.5 Å². The van der Waals surface area contributed by atoms with Crippen molar-refractivity contribution in [3.63, 3.8) is 0 Å². The van der Waals surface area contributed by atoms with Gasteiger partial charge in [-0.05, 0) is 59.3 Å². The molecule has 1 heterocycles. The Kier molecular flexibility index (Phi) is 9.29. The van der Waals surface area contributed by atoms with Crippen molar-refractivity contribution in [2.24, 2.45) is 0 Å². The molecule has 0 saturated carbocycles. The van der Waals surface area contributed by atoms with Crippen LogP contribution in [0.25, 0.3) is 11.1 Å². The zero-order valence-corrected chi connectivity index (χ0v) is 22.0. The molecule has 39 heavy (non-hydrogen) atoms. The van der Waals surface area contributed by atoms with Crippen LogP contribution in [0.3, 0.4) is 0 Å². The average molecular weight is 554 g/mol. The summed E-state index contributed by atoms with van der Waals surface area (Å²) in [5, 5.41) is 0. The van der Waals surface area contributed by atoms with Gasteiger partial charge in [-0.3, -0.25) is 14.4 Å². The summed E-state index contributed by atoms with van der Waals surface area (Å²) in [5.74, 6) is -1.70. The van der Waals surface area contributed by atoms with E-state index in [0.29, 0.717) is 27.5 Å². The van der Waals surface area contributed by atoms with Crippen molar-refractivity contribution in [1.82, 2.24) is 15.4 Å². The maximum atomic E-state index is 13.8. The number of ether oxygens (including phenoxy) is 1. The van der Waals surface area contributed by atoms with Gasteiger partial charge in [0.05, 0.1) is 19.9 Å². The van der Waals surface area contributed by atoms with E-state index in [1.54, 1.807) is 48.7 Å². The van der Waals surface area contributed by atoms with Crippen LogP contribution in [0.2, 0.25) is 0 Å². The van der Waals surface area contributed by atoms with Gasteiger partial charge in [-0.25, -0.2) is 19.2 Å². The molecule has 202 valence electrons. The minimum absolute atomic E-state index is 0.0409. The average Bonchev–Trinajstić information content (AvgIpc) is 3.46. The number of hydrogen-bond acceptors (Lipinski definition) is 7. The fourth-order valence-electron chi connectivity index (χ4n) is 3.82. The van der Waals surface area contributed by atoms with E-state index in [4.69, 9.17) is 9.15 Å². The largest absolute Gasteiger partial charge is 0.489 e. The lowest BCUT2D eigenvalue weighted by Crippen LogP contribution is -2.40. The van der Waals surface area contributed by atoms with Crippen molar-refractivity contribution < 1.29 is 32.4 Å². The Bertz CT molecular complexity index is 1430. The van der Waals surface area contributed by atoms with Crippen molar-refractivity contribution in [3.8, 4) is 16.9 Å². The number of rotatable bonds is 11. The summed E-state index contributed by atoms with van der Waals surface area (Å²) in [5.41, 5.74) is 4.61. The van der Waals surface area contributed by atoms with Crippen molar-refractivity contribution in [3.05, 3.63) is 102 Å². The highest BCUT2D eigenvalue weighted by atomic mass is 32.2. The molecule has 0 fully saturated rings. The van der Waals surface area contributed by atoms with Crippen molar-refractivity contribution in [2.45, 2.75) is 18.0 Å². The first-order chi connectivity index (χ1) is 18.9. The standard InChI is InChI=1S/C28H25F2N3O5S/c1-36-32-27(34)15-33(14-22-13-31-17-38-22)28(35)20-5-3-4-18(10-20)16-37-21-8-6-19(7-9-21)23-11-24(29)25(30)12-26(23)39-2/h3-13,17H,14-16H2,1-2H3,(H,32,34). The van der Waals surface area contributed by atoms with Crippen molar-refractivity contribution >= 4 is 23.6 Å². The second-order valence-corrected chi connectivity index (χ2v) is 9.19. The Hall–Kier alpha value is -4.22. The molecule has 0 spiro atoms. The molecule has 0 radical (unpaired) electrons. The molecule has 4 aromatic rings. The smallest absolute Gasteiger partial charge is 0.263 e. The molecule has 0 aliphatic heterocycles. The lowest BCUT2D eigenvalue weighted by molar-refractivity contribution is -0.132. The summed E-state index contributed by atoms with van der Waals surface area (Å²) in [4.78, 5) is 35.8. The molecule has 11 heteroatoms. The molecule has 0 atom stereocenters. The van der Waals surface area contributed by atoms with Gasteiger partial charge in [0.2, 0.25) is 0 Å². The predicted octanol–water partition coefficient (Wildman–Crippen LogP) is 5.24. The van der Waals surface area contributed by atoms with Gasteiger partial charge in [0.1, 0.15) is 24.7 Å². The second-order valence-electron chi connectivity index (χ2n) is 8.34. The highest BCUT2D eigenvalue weighted by Gasteiger charge is 2.21. The third-order valence-corrected chi connectivity index (χ3v) is 6.43. The number of nitrogens with one attached hydrogen (secondary N) is 1. The number of carbonyl (C=O) groups excluding carboxylic acids is 2. The Balaban J connectivity index is 1.45. The van der Waals surface area contributed by atoms with Gasteiger partial charge in [0.15, 0.2) is 18.0 Å². The van der Waals surface area contributed by atoms with Crippen LogP contribution in [0.5, 0.6) is 5.75 Å². The fraction of sp³-hybridized carbons (Fsp3) is 0.179. The molecule has 2 amide bonds. The molecule has 8 nitrogen and oxygen atoms in total. The van der Waals surface area contributed by atoms with Crippen LogP contribution < -0.4 is 10.2 Å². The zero-order valence-electron chi connectivity index (χ0n) is 21.1. The van der Waals surface area contributed by atoms with Gasteiger partial charge in [0.25, 0.3) is 11.8 Å². The van der Waals surface area contributed by atoms with Crippen LogP contribution >= 0.6 is 11.8 Å². The highest BCUT2D eigenvalue weighted by molar-refractivity contribution is 7.98. The lowest BCUT2D eigenvalue weighted by Gasteiger charge is -2.21. The summed E-state index contributed by atoms with van der Waals surface area (Å²) in [6, 6.07) is 16.3. The summed E-state index contributed by atoms with van der Waals surface area (Å²) < 4.78 is 38.6. The number of hydrogen-bond donors (Lipinski definition) is 1. The van der Waals surface area contributed by atoms with Crippen LogP contribution in [0, 0.1) is 11.6 Å². The molecular weight excluding hydrogens is 528 g/mol. The molecular formula is C28H25F2N3O5S. The highest BCUT2D eigenvalue weighted by Crippen LogP contribution is 2.33. The summed E-state index contributed by atoms with van der Waals surface area (Å²) >= 11 is 1.33. The maximum Gasteiger partial charge on any atom is 0.263 e. The van der Waals surface area contributed by atoms with E-state index in [1.165, 1.54) is 48.5 Å². The molecule has 0 saturated heterocycles. The van der Waals surface area contributed by atoms with E-state index >= 15 is 0 Å². The molecule has 1 aromatic heterocycles. The summed E-state index contributed by atoms with van der Waals surface area (Å²) in [6.45, 7) is -0.0378. The normalized spacial score (nSPS) is 10.8. The van der Waals surface area contributed by atoms with Crippen LogP contribution in [-0.2, 0) is 22.8 Å². The minimum atomic E-state index is -0.906. The number of benzene rings is 3. The quantitative estimate of drug-likeness (QED) is 0.201. The predicted molar refractivity (Wildman–Crippen MR) is 141 cm³/mol. The zero-order chi connectivity index (χ0) is 27.8. The molecule has 1 N–H and O–H groups in total. The van der Waals surface area contributed by atoms with Crippen molar-refractivity contribution in [1.29, 1.82) is 0 Å². The first kappa shape index (κ1) is 27.8. The Morgan fingerprint density at radius 1 is 1.08 bits per heavy atom. The molecule has 4 rings (SSSR count). The monoisotopic (exact) mass is 553 g/mol. The van der Waals surface area contributed by atoms with Crippen LogP contribution in [0.4, 0.5) is 8.78 Å². The first-order valence-corrected chi connectivity index (χ1v) is 12.9. The Morgan fingerprint density at radius 3 is 2.54 bits per heavy atom. The first-order valence-electron chi connectivity index (χ1n) is 11.7. The van der Waals surface area contributed by atoms with Crippen LogP contribution in [0.15, 0.2) is 82.6 Å². The Labute approximate surface area is 227 Å². The number of oxazole rings is 1. The molecule has 0 bridgehead atoms. The number of amides is 2. The number of hydroxylamine groups is 1. The minimum Gasteiger partial charge on any atom is -0.489 e. The van der Waals surface area contributed by atoms with Gasteiger partial charge in [-0.15, -0.1) is 11.8 Å². The van der Waals surface area contributed by atoms with Gasteiger partial charge in [-0.1, -0.05) is 24.3 Å². The third kappa shape index (κ3) is 7.21. The second kappa shape index (κ2) is 13.0. The van der Waals surface area contributed by atoms with Crippen LogP contribution in [0.1, 0.15) is 21.7 Å². The Morgan fingerprint density at radius 2 is 1.85 bits per heavy atom. The van der Waals surface area contributed by atoms with Gasteiger partial charge in [0, 0.05) is 10.5 Å². The van der Waals surface area contributed by atoms with Gasteiger partial charge < -0.3 is 14.1 Å². The maximum absolute atomic E-state index is 13.8. The van der Waals surface area contributed by atoms with Gasteiger partial charge in [-0.2, -0.15) is 0 Å². The molecule has 0 aliphatic carbocycles. The number of carbonyl (C=O) groups is 2. The number of thioether (sulfide) groups is 1. The lowest BCUT2D eigenvalue weighted by atomic mass is 10.1. The summed E-state index contributed by atoms with van der Waals surface area (Å²) in [6.07, 6.45) is 4.52. The SMILES string of the molecule is CONC(=O)CN(Cc1cnco1)C(=O)c1cccc(COc2ccc(-c3cc(F)c(F)cc3SC)cc2)c1. The number of nitrogens with zero attached hydrogens (tertiary/aromatic N) is 2. The third-order valence-electron chi connectivity index (χ3n) is 5.65. The summed E-state index contributed by atoms with van der Waals surface area (Å²) in [7, 11) is 1.31. The number of aromatic nitrogens is 1. The molecule has 3 aromatic carbocycles. The van der Waals surface area contributed by atoms with E-state index in [9.17, 15) is 18.4 Å². The van der Waals surface area contributed by atoms with Crippen molar-refractivity contribution in [2.75, 3.05) is 19.9 Å². The van der Waals surface area contributed by atoms with E-state index in [0.717, 1.165) is 11.1 Å². The van der Waals surface area contributed by atoms with Crippen LogP contribution in [-0.4, -0.2) is 41.6 Å². The molecule has 0 aliphatic rings.